The number of carboxylic acid groups (broad SMARTS) is 2. The van der Waals surface area contributed by atoms with E-state index >= 15 is 0 Å². The molecule has 1 aromatic carbocycles. The number of esters is 4. The monoisotopic (exact) mass is 810 g/mol. The van der Waals surface area contributed by atoms with Gasteiger partial charge in [-0.2, -0.15) is 0 Å². The maximum Gasteiger partial charge on any atom is 0.516 e. The minimum atomic E-state index is -1.60. The number of carbonyl (C=O) groups excluding carboxylic acids is 5. The van der Waals surface area contributed by atoms with Crippen LogP contribution >= 0.6 is 0 Å². The van der Waals surface area contributed by atoms with Crippen LogP contribution in [-0.4, -0.2) is 92.9 Å². The number of fused-ring (bicyclic) bond motifs is 1. The van der Waals surface area contributed by atoms with Gasteiger partial charge >= 0.3 is 42.3 Å². The molecule has 0 spiro atoms. The molecule has 1 aromatic rings. The lowest BCUT2D eigenvalue weighted by Crippen LogP contribution is -2.30. The van der Waals surface area contributed by atoms with Gasteiger partial charge in [-0.25, -0.2) is 19.2 Å². The van der Waals surface area contributed by atoms with Crippen molar-refractivity contribution in [3.05, 3.63) is 33.9 Å². The van der Waals surface area contributed by atoms with Crippen LogP contribution in [0.3, 0.4) is 0 Å². The molecule has 0 saturated carbocycles. The van der Waals surface area contributed by atoms with Gasteiger partial charge in [-0.05, 0) is 44.6 Å². The topological polar surface area (TPSA) is 243 Å². The van der Waals surface area contributed by atoms with Crippen molar-refractivity contribution in [2.75, 3.05) is 34.2 Å². The quantitative estimate of drug-likeness (QED) is 0.0257. The van der Waals surface area contributed by atoms with E-state index in [1.807, 2.05) is 19.9 Å². The summed E-state index contributed by atoms with van der Waals surface area (Å²) in [6, 6.07) is 0. The predicted octanol–water partition coefficient (Wildman–Crippen LogP) is 6.83. The van der Waals surface area contributed by atoms with Gasteiger partial charge in [-0.15, -0.1) is 0 Å². The van der Waals surface area contributed by atoms with E-state index in [1.165, 1.54) is 14.2 Å². The largest absolute Gasteiger partial charge is 0.516 e. The van der Waals surface area contributed by atoms with Crippen LogP contribution in [0.15, 0.2) is 11.6 Å². The predicted molar refractivity (Wildman–Crippen MR) is 197 cm³/mol. The summed E-state index contributed by atoms with van der Waals surface area (Å²) in [6.45, 7) is 5.31. The van der Waals surface area contributed by atoms with Crippen molar-refractivity contribution in [3.63, 3.8) is 0 Å². The molecule has 0 aromatic heterocycles. The smallest absolute Gasteiger partial charge is 0.496 e. The number of benzene rings is 1. The lowest BCUT2D eigenvalue weighted by atomic mass is 9.94. The summed E-state index contributed by atoms with van der Waals surface area (Å²) < 4.78 is 45.2. The highest BCUT2D eigenvalue weighted by Crippen LogP contribution is 2.43. The van der Waals surface area contributed by atoms with Gasteiger partial charge in [0.25, 0.3) is 0 Å². The van der Waals surface area contributed by atoms with Gasteiger partial charge in [0, 0.05) is 24.0 Å². The minimum Gasteiger partial charge on any atom is -0.496 e. The molecule has 2 atom stereocenters. The van der Waals surface area contributed by atoms with Gasteiger partial charge in [0.1, 0.15) is 31.1 Å². The average molecular weight is 811 g/mol. The Morgan fingerprint density at radius 1 is 0.825 bits per heavy atom. The van der Waals surface area contributed by atoms with E-state index in [1.54, 1.807) is 13.8 Å². The molecule has 0 aliphatic carbocycles. The molecule has 57 heavy (non-hydrogen) atoms. The number of methoxy groups -OCH3 is 2. The summed E-state index contributed by atoms with van der Waals surface area (Å²) in [5.41, 5.74) is 2.48. The number of rotatable bonds is 25. The number of cyclic esters (lactones) is 1. The second kappa shape index (κ2) is 24.9. The van der Waals surface area contributed by atoms with Crippen molar-refractivity contribution < 1.29 is 86.4 Å². The Hall–Kier alpha value is -5.55. The van der Waals surface area contributed by atoms with Gasteiger partial charge < -0.3 is 52.8 Å². The lowest BCUT2D eigenvalue weighted by molar-refractivity contribution is -0.157. The van der Waals surface area contributed by atoms with Gasteiger partial charge in [-0.1, -0.05) is 64.0 Å². The first-order chi connectivity index (χ1) is 27.1. The third-order valence-corrected chi connectivity index (χ3v) is 9.13. The van der Waals surface area contributed by atoms with Gasteiger partial charge in [0.2, 0.25) is 6.79 Å². The number of carbonyl (C=O) groups is 7. The zero-order valence-electron chi connectivity index (χ0n) is 33.3. The van der Waals surface area contributed by atoms with Crippen LogP contribution in [0.5, 0.6) is 11.5 Å². The normalized spacial score (nSPS) is 13.1. The van der Waals surface area contributed by atoms with Crippen molar-refractivity contribution >= 4 is 42.3 Å². The van der Waals surface area contributed by atoms with Crippen LogP contribution in [-0.2, 0) is 60.6 Å². The SMILES string of the molecule is COC(=O)CC/C(C)=C/Cc1c(OC)c(C)c2c(c1OC(=O)OCOC(=O)C(C)CCCCCCCC(C)CC(=O)OC(COC(=O)O)COC(=O)O)C(=O)OC2. The van der Waals surface area contributed by atoms with Crippen LogP contribution in [0.4, 0.5) is 14.4 Å². The van der Waals surface area contributed by atoms with Crippen LogP contribution in [0.25, 0.3) is 0 Å². The first kappa shape index (κ1) is 47.6. The molecule has 0 amide bonds. The highest BCUT2D eigenvalue weighted by atomic mass is 16.8. The van der Waals surface area contributed by atoms with Crippen LogP contribution in [0, 0.1) is 18.8 Å². The van der Waals surface area contributed by atoms with Gasteiger partial charge in [0.05, 0.1) is 20.1 Å². The maximum absolute atomic E-state index is 12.8. The van der Waals surface area contributed by atoms with E-state index in [9.17, 15) is 33.6 Å². The van der Waals surface area contributed by atoms with Crippen LogP contribution < -0.4 is 9.47 Å². The fourth-order valence-electron chi connectivity index (χ4n) is 5.95. The fraction of sp³-hybridized carbons (Fsp3) is 0.615. The summed E-state index contributed by atoms with van der Waals surface area (Å²) in [5, 5.41) is 17.3. The van der Waals surface area contributed by atoms with E-state index in [0.717, 1.165) is 44.1 Å². The Morgan fingerprint density at radius 3 is 2.07 bits per heavy atom. The second-order valence-electron chi connectivity index (χ2n) is 13.6. The second-order valence-corrected chi connectivity index (χ2v) is 13.6. The Morgan fingerprint density at radius 2 is 1.46 bits per heavy atom. The lowest BCUT2D eigenvalue weighted by Gasteiger charge is -2.18. The minimum absolute atomic E-state index is 0.0313. The number of allylic oxidation sites excluding steroid dienone is 2. The molecule has 1 heterocycles. The van der Waals surface area contributed by atoms with Gasteiger partial charge in [-0.3, -0.25) is 14.4 Å². The summed E-state index contributed by atoms with van der Waals surface area (Å²) in [5.74, 6) is -2.43. The summed E-state index contributed by atoms with van der Waals surface area (Å²) in [7, 11) is 2.76. The molecule has 0 fully saturated rings. The van der Waals surface area contributed by atoms with E-state index in [4.69, 9.17) is 43.4 Å². The molecule has 2 rings (SSSR count). The maximum atomic E-state index is 12.8. The van der Waals surface area contributed by atoms with Crippen molar-refractivity contribution in [1.29, 1.82) is 0 Å². The number of hydrogen-bond donors (Lipinski definition) is 2. The van der Waals surface area contributed by atoms with Crippen molar-refractivity contribution in [1.82, 2.24) is 0 Å². The standard InChI is InChI=1S/C39H54O18/c1-23(15-17-30(40)49-5)14-16-28-33(50-6)26(4)29-21-51-36(43)32(29)34(28)57-39(48)55-22-54-35(42)25(3)13-11-9-7-8-10-12-24(2)18-31(41)56-27(19-52-37(44)45)20-53-38(46)47/h14,24-25,27H,7-13,15-22H2,1-6H3,(H,44,45)(H,46,47)/b23-14+. The molecule has 18 nitrogen and oxygen atoms in total. The zero-order chi connectivity index (χ0) is 42.5. The molecule has 2 unspecified atom stereocenters. The van der Waals surface area contributed by atoms with Crippen LogP contribution in [0.1, 0.15) is 112 Å². The molecular weight excluding hydrogens is 756 g/mol. The van der Waals surface area contributed by atoms with Crippen molar-refractivity contribution in [3.8, 4) is 11.5 Å². The third kappa shape index (κ3) is 17.0. The molecule has 1 aliphatic rings. The highest BCUT2D eigenvalue weighted by molar-refractivity contribution is 5.99. The third-order valence-electron chi connectivity index (χ3n) is 9.13. The summed E-state index contributed by atoms with van der Waals surface area (Å²) >= 11 is 0. The van der Waals surface area contributed by atoms with E-state index in [2.05, 4.69) is 9.47 Å². The molecule has 0 bridgehead atoms. The molecule has 1 aliphatic heterocycles. The molecule has 0 saturated heterocycles. The Balaban J connectivity index is 1.78. The number of hydrogen-bond acceptors (Lipinski definition) is 16. The first-order valence-corrected chi connectivity index (χ1v) is 18.6. The first-order valence-electron chi connectivity index (χ1n) is 18.6. The number of unbranched alkanes of at least 4 members (excludes halogenated alkanes) is 4. The van der Waals surface area contributed by atoms with Crippen LogP contribution in [0.2, 0.25) is 0 Å². The van der Waals surface area contributed by atoms with Crippen molar-refractivity contribution in [2.45, 2.75) is 111 Å². The van der Waals surface area contributed by atoms with E-state index < -0.39 is 68.4 Å². The van der Waals surface area contributed by atoms with E-state index in [0.29, 0.717) is 35.3 Å². The van der Waals surface area contributed by atoms with Crippen molar-refractivity contribution in [2.24, 2.45) is 11.8 Å². The molecule has 2 N–H and O–H groups in total. The average Bonchev–Trinajstić information content (AvgIpc) is 3.55. The molecule has 0 radical (unpaired) electrons. The van der Waals surface area contributed by atoms with E-state index in [-0.39, 0.29) is 49.1 Å². The Bertz CT molecular complexity index is 1580. The molecule has 18 heteroatoms. The number of ether oxygens (including phenoxy) is 9. The zero-order valence-corrected chi connectivity index (χ0v) is 33.3. The molecular formula is C39H54O18. The Labute approximate surface area is 331 Å². The molecule has 318 valence electrons. The summed E-state index contributed by atoms with van der Waals surface area (Å²) in [6.07, 6.45) is 2.55. The Kier molecular flexibility index (Phi) is 20.8. The summed E-state index contributed by atoms with van der Waals surface area (Å²) in [4.78, 5) is 83.2. The van der Waals surface area contributed by atoms with Gasteiger partial charge in [0.15, 0.2) is 11.9 Å². The fourth-order valence-corrected chi connectivity index (χ4v) is 5.95. The highest BCUT2D eigenvalue weighted by Gasteiger charge is 2.34.